The molecular formula is C23H30N2O4S. The molecule has 1 heterocycles. The maximum absolute atomic E-state index is 12.9. The number of aryl methyl sites for hydroxylation is 2. The van der Waals surface area contributed by atoms with Crippen molar-refractivity contribution in [1.82, 2.24) is 4.31 Å². The van der Waals surface area contributed by atoms with Gasteiger partial charge < -0.3 is 10.1 Å². The van der Waals surface area contributed by atoms with Gasteiger partial charge in [-0.1, -0.05) is 31.0 Å². The van der Waals surface area contributed by atoms with Crippen LogP contribution >= 0.6 is 0 Å². The number of rotatable bonds is 6. The third-order valence-corrected chi connectivity index (χ3v) is 7.31. The Morgan fingerprint density at radius 1 is 0.967 bits per heavy atom. The predicted molar refractivity (Wildman–Crippen MR) is 118 cm³/mol. The van der Waals surface area contributed by atoms with Gasteiger partial charge in [0.25, 0.3) is 5.91 Å². The fourth-order valence-corrected chi connectivity index (χ4v) is 5.12. The Morgan fingerprint density at radius 2 is 1.53 bits per heavy atom. The number of ether oxygens (including phenoxy) is 1. The van der Waals surface area contributed by atoms with Gasteiger partial charge >= 0.3 is 0 Å². The van der Waals surface area contributed by atoms with Crippen molar-refractivity contribution in [3.63, 3.8) is 0 Å². The van der Waals surface area contributed by atoms with E-state index in [4.69, 9.17) is 4.74 Å². The molecule has 1 unspecified atom stereocenters. The van der Waals surface area contributed by atoms with Crippen molar-refractivity contribution in [2.24, 2.45) is 0 Å². The van der Waals surface area contributed by atoms with E-state index in [1.165, 1.54) is 0 Å². The van der Waals surface area contributed by atoms with Crippen molar-refractivity contribution in [2.75, 3.05) is 18.4 Å². The Balaban J connectivity index is 1.65. The first kappa shape index (κ1) is 22.3. The van der Waals surface area contributed by atoms with Crippen molar-refractivity contribution in [3.05, 3.63) is 53.6 Å². The van der Waals surface area contributed by atoms with E-state index >= 15 is 0 Å². The minimum atomic E-state index is -3.50. The average molecular weight is 431 g/mol. The minimum Gasteiger partial charge on any atom is -0.480 e. The molecule has 2 aromatic rings. The van der Waals surface area contributed by atoms with Gasteiger partial charge in [0.2, 0.25) is 10.0 Å². The molecule has 3 rings (SSSR count). The standard InChI is InChI=1S/C23H30N2O4S/c1-17-9-8-10-18(2)22(17)29-19(3)23(26)24-20-11-13-21(14-12-20)30(27,28)25-15-6-4-5-7-16-25/h8-14,19H,4-7,15-16H2,1-3H3,(H,24,26). The highest BCUT2D eigenvalue weighted by Crippen LogP contribution is 2.25. The van der Waals surface area contributed by atoms with E-state index in [0.29, 0.717) is 24.5 Å². The monoisotopic (exact) mass is 430 g/mol. The van der Waals surface area contributed by atoms with Crippen LogP contribution in [0.25, 0.3) is 0 Å². The summed E-state index contributed by atoms with van der Waals surface area (Å²) in [6.45, 7) is 6.70. The Hall–Kier alpha value is -2.38. The maximum atomic E-state index is 12.9. The van der Waals surface area contributed by atoms with Crippen LogP contribution < -0.4 is 10.1 Å². The molecule has 1 amide bonds. The van der Waals surface area contributed by atoms with Crippen LogP contribution in [0.3, 0.4) is 0 Å². The summed E-state index contributed by atoms with van der Waals surface area (Å²) >= 11 is 0. The van der Waals surface area contributed by atoms with Gasteiger partial charge in [-0.05, 0) is 69.0 Å². The molecule has 162 valence electrons. The highest BCUT2D eigenvalue weighted by Gasteiger charge is 2.25. The second-order valence-electron chi connectivity index (χ2n) is 7.81. The summed E-state index contributed by atoms with van der Waals surface area (Å²) in [6.07, 6.45) is 3.24. The molecule has 1 N–H and O–H groups in total. The van der Waals surface area contributed by atoms with E-state index in [1.54, 1.807) is 35.5 Å². The molecule has 0 radical (unpaired) electrons. The van der Waals surface area contributed by atoms with Crippen molar-refractivity contribution in [3.8, 4) is 5.75 Å². The molecule has 0 spiro atoms. The lowest BCUT2D eigenvalue weighted by atomic mass is 10.1. The molecule has 1 aliphatic rings. The van der Waals surface area contributed by atoms with Crippen LogP contribution in [-0.4, -0.2) is 37.8 Å². The van der Waals surface area contributed by atoms with E-state index in [2.05, 4.69) is 5.32 Å². The number of carbonyl (C=O) groups is 1. The molecular weight excluding hydrogens is 400 g/mol. The zero-order valence-corrected chi connectivity index (χ0v) is 18.7. The highest BCUT2D eigenvalue weighted by molar-refractivity contribution is 7.89. The van der Waals surface area contributed by atoms with Crippen LogP contribution in [0.4, 0.5) is 5.69 Å². The average Bonchev–Trinajstić information content (AvgIpc) is 3.01. The lowest BCUT2D eigenvalue weighted by molar-refractivity contribution is -0.122. The number of sulfonamides is 1. The summed E-state index contributed by atoms with van der Waals surface area (Å²) in [4.78, 5) is 12.8. The van der Waals surface area contributed by atoms with Crippen molar-refractivity contribution in [1.29, 1.82) is 0 Å². The van der Waals surface area contributed by atoms with Crippen molar-refractivity contribution in [2.45, 2.75) is 57.5 Å². The quantitative estimate of drug-likeness (QED) is 0.742. The smallest absolute Gasteiger partial charge is 0.265 e. The molecule has 7 heteroatoms. The third kappa shape index (κ3) is 5.21. The molecule has 0 aliphatic carbocycles. The summed E-state index contributed by atoms with van der Waals surface area (Å²) in [7, 11) is -3.50. The van der Waals surface area contributed by atoms with Crippen LogP contribution in [-0.2, 0) is 14.8 Å². The molecule has 0 aromatic heterocycles. The fourth-order valence-electron chi connectivity index (χ4n) is 3.60. The molecule has 6 nitrogen and oxygen atoms in total. The number of hydrogen-bond acceptors (Lipinski definition) is 4. The first-order chi connectivity index (χ1) is 14.3. The predicted octanol–water partition coefficient (Wildman–Crippen LogP) is 4.27. The summed E-state index contributed by atoms with van der Waals surface area (Å²) < 4.78 is 33.2. The first-order valence-electron chi connectivity index (χ1n) is 10.4. The zero-order chi connectivity index (χ0) is 21.7. The van der Waals surface area contributed by atoms with Gasteiger partial charge in [0.15, 0.2) is 6.10 Å². The number of amides is 1. The van der Waals surface area contributed by atoms with E-state index in [-0.39, 0.29) is 10.8 Å². The number of para-hydroxylation sites is 1. The van der Waals surface area contributed by atoms with Gasteiger partial charge in [-0.3, -0.25) is 4.79 Å². The van der Waals surface area contributed by atoms with Gasteiger partial charge in [0, 0.05) is 18.8 Å². The molecule has 2 aromatic carbocycles. The number of carbonyl (C=O) groups excluding carboxylic acids is 1. The van der Waals surface area contributed by atoms with E-state index in [1.807, 2.05) is 32.0 Å². The van der Waals surface area contributed by atoms with Gasteiger partial charge in [-0.25, -0.2) is 8.42 Å². The molecule has 1 aliphatic heterocycles. The lowest BCUT2D eigenvalue weighted by Crippen LogP contribution is -2.32. The van der Waals surface area contributed by atoms with E-state index in [9.17, 15) is 13.2 Å². The number of nitrogens with one attached hydrogen (secondary N) is 1. The van der Waals surface area contributed by atoms with Crippen LogP contribution in [0.1, 0.15) is 43.7 Å². The molecule has 1 fully saturated rings. The molecule has 1 atom stereocenters. The number of anilines is 1. The second-order valence-corrected chi connectivity index (χ2v) is 9.75. The first-order valence-corrected chi connectivity index (χ1v) is 11.9. The zero-order valence-electron chi connectivity index (χ0n) is 17.8. The fraction of sp³-hybridized carbons (Fsp3) is 0.435. The van der Waals surface area contributed by atoms with Crippen molar-refractivity contribution < 1.29 is 17.9 Å². The summed E-state index contributed by atoms with van der Waals surface area (Å²) in [5.74, 6) is 0.416. The minimum absolute atomic E-state index is 0.252. The topological polar surface area (TPSA) is 75.7 Å². The van der Waals surface area contributed by atoms with Gasteiger partial charge in [0.1, 0.15) is 5.75 Å². The Bertz CT molecular complexity index is 959. The van der Waals surface area contributed by atoms with Crippen molar-refractivity contribution >= 4 is 21.6 Å². The SMILES string of the molecule is Cc1cccc(C)c1OC(C)C(=O)Nc1ccc(S(=O)(=O)N2CCCCCC2)cc1. The van der Waals surface area contributed by atoms with Crippen LogP contribution in [0.2, 0.25) is 0 Å². The van der Waals surface area contributed by atoms with Gasteiger partial charge in [0.05, 0.1) is 4.90 Å². The number of nitrogens with zero attached hydrogens (tertiary/aromatic N) is 1. The van der Waals surface area contributed by atoms with Crippen LogP contribution in [0.5, 0.6) is 5.75 Å². The van der Waals surface area contributed by atoms with Gasteiger partial charge in [-0.15, -0.1) is 0 Å². The Labute approximate surface area is 179 Å². The summed E-state index contributed by atoms with van der Waals surface area (Å²) in [6, 6.07) is 12.2. The molecule has 1 saturated heterocycles. The van der Waals surface area contributed by atoms with E-state index in [0.717, 1.165) is 36.8 Å². The number of hydrogen-bond donors (Lipinski definition) is 1. The molecule has 30 heavy (non-hydrogen) atoms. The second kappa shape index (κ2) is 9.62. The maximum Gasteiger partial charge on any atom is 0.265 e. The van der Waals surface area contributed by atoms with Gasteiger partial charge in [-0.2, -0.15) is 4.31 Å². The third-order valence-electron chi connectivity index (χ3n) is 5.40. The molecule has 0 saturated carbocycles. The van der Waals surface area contributed by atoms with Crippen LogP contribution in [0, 0.1) is 13.8 Å². The highest BCUT2D eigenvalue weighted by atomic mass is 32.2. The Kier molecular flexibility index (Phi) is 7.15. The largest absolute Gasteiger partial charge is 0.480 e. The van der Waals surface area contributed by atoms with Crippen LogP contribution in [0.15, 0.2) is 47.4 Å². The molecule has 0 bridgehead atoms. The summed E-state index contributed by atoms with van der Waals surface area (Å²) in [5, 5.41) is 2.80. The normalized spacial score (nSPS) is 16.5. The lowest BCUT2D eigenvalue weighted by Gasteiger charge is -2.20. The Morgan fingerprint density at radius 3 is 2.10 bits per heavy atom. The summed E-state index contributed by atoms with van der Waals surface area (Å²) in [5.41, 5.74) is 2.47. The van der Waals surface area contributed by atoms with E-state index < -0.39 is 16.1 Å². The number of benzene rings is 2.